The van der Waals surface area contributed by atoms with Crippen LogP contribution in [0.3, 0.4) is 0 Å². The van der Waals surface area contributed by atoms with Crippen LogP contribution < -0.4 is 0 Å². The van der Waals surface area contributed by atoms with Crippen molar-refractivity contribution in [2.45, 2.75) is 6.85 Å². The van der Waals surface area contributed by atoms with Crippen molar-refractivity contribution >= 4 is 11.2 Å². The van der Waals surface area contributed by atoms with Crippen molar-refractivity contribution in [2.75, 3.05) is 0 Å². The molecule has 0 fully saturated rings. The number of nitrogens with zero attached hydrogens (tertiary/aromatic N) is 4. The van der Waals surface area contributed by atoms with Gasteiger partial charge >= 0.3 is 0 Å². The monoisotopic (exact) mass is 149 g/mol. The van der Waals surface area contributed by atoms with Crippen LogP contribution in [0.4, 0.5) is 0 Å². The smallest absolute Gasteiger partial charge is 0.181 e. The second-order valence-corrected chi connectivity index (χ2v) is 1.96. The quantitative estimate of drug-likeness (QED) is 0.554. The van der Waals surface area contributed by atoms with Gasteiger partial charge in [-0.15, -0.1) is 0 Å². The lowest BCUT2D eigenvalue weighted by Crippen LogP contribution is -1.91. The summed E-state index contributed by atoms with van der Waals surface area (Å²) in [5, 5.41) is 0. The normalized spacial score (nSPS) is 15.5. The van der Waals surface area contributed by atoms with Crippen molar-refractivity contribution in [3.63, 3.8) is 0 Å². The standard InChI is InChI=1S/C7H6N4/c1-5-10-4-6-7(11-5)9-3-2-8-6/h2-4H,1H3/i1D3. The molecule has 0 N–H and O–H groups in total. The molecule has 0 atom stereocenters. The van der Waals surface area contributed by atoms with Gasteiger partial charge in [0.2, 0.25) is 0 Å². The van der Waals surface area contributed by atoms with Gasteiger partial charge < -0.3 is 0 Å². The van der Waals surface area contributed by atoms with Gasteiger partial charge in [0.05, 0.1) is 6.20 Å². The number of rotatable bonds is 0. The first-order valence-corrected chi connectivity index (χ1v) is 3.01. The summed E-state index contributed by atoms with van der Waals surface area (Å²) in [6.07, 6.45) is 4.32. The van der Waals surface area contributed by atoms with Crippen molar-refractivity contribution in [1.82, 2.24) is 19.9 Å². The molecule has 0 bridgehead atoms. The van der Waals surface area contributed by atoms with E-state index in [1.54, 1.807) is 0 Å². The maximum Gasteiger partial charge on any atom is 0.181 e. The fourth-order valence-electron chi connectivity index (χ4n) is 0.770. The van der Waals surface area contributed by atoms with E-state index in [-0.39, 0.29) is 5.82 Å². The van der Waals surface area contributed by atoms with Crippen molar-refractivity contribution in [3.05, 3.63) is 24.4 Å². The Hall–Kier alpha value is -1.58. The van der Waals surface area contributed by atoms with E-state index in [1.165, 1.54) is 18.6 Å². The molecule has 2 heterocycles. The van der Waals surface area contributed by atoms with Gasteiger partial charge in [0.15, 0.2) is 5.65 Å². The summed E-state index contributed by atoms with van der Waals surface area (Å²) in [6.45, 7) is -2.30. The van der Waals surface area contributed by atoms with Crippen LogP contribution in [0, 0.1) is 6.85 Å². The minimum Gasteiger partial charge on any atom is -0.250 e. The summed E-state index contributed by atoms with van der Waals surface area (Å²) in [6, 6.07) is 0. The first-order valence-electron chi connectivity index (χ1n) is 4.51. The largest absolute Gasteiger partial charge is 0.250 e. The Kier molecular flexibility index (Phi) is 0.752. The van der Waals surface area contributed by atoms with Gasteiger partial charge in [-0.2, -0.15) is 0 Å². The molecule has 0 aliphatic carbocycles. The lowest BCUT2D eigenvalue weighted by Gasteiger charge is -1.93. The highest BCUT2D eigenvalue weighted by Gasteiger charge is 1.95. The third kappa shape index (κ3) is 1.02. The van der Waals surface area contributed by atoms with Crippen LogP contribution in [0.2, 0.25) is 0 Å². The maximum atomic E-state index is 7.11. The minimum atomic E-state index is -2.30. The molecule has 0 spiro atoms. The van der Waals surface area contributed by atoms with Crippen LogP contribution >= 0.6 is 0 Å². The molecule has 0 radical (unpaired) electrons. The number of aromatic nitrogens is 4. The van der Waals surface area contributed by atoms with Gasteiger partial charge in [-0.3, -0.25) is 0 Å². The molecule has 2 aromatic heterocycles. The molecule has 2 aromatic rings. The average Bonchev–Trinajstić information content (AvgIpc) is 2.16. The van der Waals surface area contributed by atoms with E-state index in [0.717, 1.165) is 0 Å². The Labute approximate surface area is 67.6 Å². The molecule has 4 heteroatoms. The molecule has 0 aliphatic heterocycles. The molecular weight excluding hydrogens is 140 g/mol. The van der Waals surface area contributed by atoms with Crippen LogP contribution in [0.15, 0.2) is 18.6 Å². The number of hydrogen-bond acceptors (Lipinski definition) is 4. The minimum absolute atomic E-state index is 0.203. The highest BCUT2D eigenvalue weighted by Crippen LogP contribution is 2.01. The van der Waals surface area contributed by atoms with Gasteiger partial charge in [0, 0.05) is 16.5 Å². The fourth-order valence-corrected chi connectivity index (χ4v) is 0.770. The van der Waals surface area contributed by atoms with Gasteiger partial charge in [-0.1, -0.05) is 0 Å². The Morgan fingerprint density at radius 1 is 1.27 bits per heavy atom. The van der Waals surface area contributed by atoms with Crippen molar-refractivity contribution in [1.29, 1.82) is 0 Å². The lowest BCUT2D eigenvalue weighted by molar-refractivity contribution is 1.06. The van der Waals surface area contributed by atoms with E-state index < -0.39 is 6.85 Å². The zero-order valence-electron chi connectivity index (χ0n) is 8.52. The van der Waals surface area contributed by atoms with E-state index in [2.05, 4.69) is 19.9 Å². The van der Waals surface area contributed by atoms with Crippen molar-refractivity contribution in [2.24, 2.45) is 0 Å². The van der Waals surface area contributed by atoms with E-state index in [0.29, 0.717) is 11.2 Å². The SMILES string of the molecule is [2H]C([2H])([2H])c1ncc2nccnc2n1. The predicted molar refractivity (Wildman–Crippen MR) is 39.9 cm³/mol. The van der Waals surface area contributed by atoms with Crippen LogP contribution in [0.25, 0.3) is 11.2 Å². The fraction of sp³-hybridized carbons (Fsp3) is 0.143. The Morgan fingerprint density at radius 3 is 3.09 bits per heavy atom. The molecule has 0 aliphatic rings. The molecule has 0 unspecified atom stereocenters. The molecule has 4 nitrogen and oxygen atoms in total. The van der Waals surface area contributed by atoms with E-state index in [1.807, 2.05) is 0 Å². The zero-order valence-corrected chi connectivity index (χ0v) is 5.52. The second-order valence-electron chi connectivity index (χ2n) is 1.96. The zero-order chi connectivity index (χ0) is 10.2. The molecule has 54 valence electrons. The van der Waals surface area contributed by atoms with Crippen molar-refractivity contribution in [3.8, 4) is 0 Å². The Bertz CT molecular complexity index is 468. The summed E-state index contributed by atoms with van der Waals surface area (Å²) >= 11 is 0. The molecule has 0 aromatic carbocycles. The third-order valence-electron chi connectivity index (χ3n) is 1.23. The molecule has 0 saturated carbocycles. The maximum absolute atomic E-state index is 7.11. The van der Waals surface area contributed by atoms with Crippen LogP contribution in [0.5, 0.6) is 0 Å². The Morgan fingerprint density at radius 2 is 2.18 bits per heavy atom. The highest BCUT2D eigenvalue weighted by atomic mass is 15.0. The van der Waals surface area contributed by atoms with E-state index in [9.17, 15) is 0 Å². The van der Waals surface area contributed by atoms with Gasteiger partial charge in [0.1, 0.15) is 11.3 Å². The van der Waals surface area contributed by atoms with Crippen molar-refractivity contribution < 1.29 is 4.11 Å². The predicted octanol–water partition coefficient (Wildman–Crippen LogP) is 0.728. The summed E-state index contributed by atoms with van der Waals surface area (Å²) < 4.78 is 21.3. The third-order valence-corrected chi connectivity index (χ3v) is 1.23. The van der Waals surface area contributed by atoms with E-state index >= 15 is 0 Å². The Balaban J connectivity index is 2.63. The summed E-state index contributed by atoms with van der Waals surface area (Å²) in [4.78, 5) is 15.3. The number of fused-ring (bicyclic) bond motifs is 1. The second kappa shape index (κ2) is 2.23. The summed E-state index contributed by atoms with van der Waals surface area (Å²) in [5.74, 6) is -0.203. The number of hydrogen-bond donors (Lipinski definition) is 0. The summed E-state index contributed by atoms with van der Waals surface area (Å²) in [7, 11) is 0. The van der Waals surface area contributed by atoms with Crippen LogP contribution in [0.1, 0.15) is 9.94 Å². The molecule has 11 heavy (non-hydrogen) atoms. The number of aryl methyl sites for hydroxylation is 1. The van der Waals surface area contributed by atoms with Crippen LogP contribution in [-0.4, -0.2) is 19.9 Å². The summed E-state index contributed by atoms with van der Waals surface area (Å²) in [5.41, 5.74) is 0.786. The topological polar surface area (TPSA) is 51.6 Å². The molecular formula is C7H6N4. The first-order chi connectivity index (χ1) is 6.57. The molecule has 2 rings (SSSR count). The van der Waals surface area contributed by atoms with Gasteiger partial charge in [-0.05, 0) is 6.85 Å². The average molecular weight is 149 g/mol. The molecule has 0 saturated heterocycles. The van der Waals surface area contributed by atoms with Crippen LogP contribution in [-0.2, 0) is 0 Å². The highest BCUT2D eigenvalue weighted by molar-refractivity contribution is 5.67. The molecule has 0 amide bonds. The van der Waals surface area contributed by atoms with E-state index in [4.69, 9.17) is 4.11 Å². The first kappa shape index (κ1) is 3.71. The van der Waals surface area contributed by atoms with Gasteiger partial charge in [0.25, 0.3) is 0 Å². The lowest BCUT2D eigenvalue weighted by atomic mass is 10.5. The van der Waals surface area contributed by atoms with Gasteiger partial charge in [-0.25, -0.2) is 19.9 Å².